The summed E-state index contributed by atoms with van der Waals surface area (Å²) in [6.45, 7) is 4.75. The van der Waals surface area contributed by atoms with Gasteiger partial charge in [-0.05, 0) is 90.3 Å². The Morgan fingerprint density at radius 1 is 0.383 bits per heavy atom. The first-order chi connectivity index (χ1) is 29.5. The second-order valence-corrected chi connectivity index (χ2v) is 16.5. The highest BCUT2D eigenvalue weighted by atomic mass is 16.3. The van der Waals surface area contributed by atoms with Crippen LogP contribution in [0.5, 0.6) is 0 Å². The molecular weight excluding hydrogens is 729 g/mol. The molecule has 0 saturated carbocycles. The van der Waals surface area contributed by atoms with Crippen LogP contribution in [0.15, 0.2) is 199 Å². The normalized spacial score (nSPS) is 13.0. The van der Waals surface area contributed by atoms with E-state index in [0.717, 1.165) is 55.4 Å². The van der Waals surface area contributed by atoms with E-state index >= 15 is 0 Å². The van der Waals surface area contributed by atoms with E-state index in [4.69, 9.17) is 14.4 Å². The molecule has 1 aliphatic carbocycles. The topological polar surface area (TPSA) is 38.9 Å². The second kappa shape index (κ2) is 13.2. The molecule has 3 nitrogen and oxygen atoms in total. The number of nitrogens with zero attached hydrogens (tertiary/aromatic N) is 2. The number of furan rings is 1. The fourth-order valence-corrected chi connectivity index (χ4v) is 9.82. The molecule has 282 valence electrons. The SMILES string of the molecule is CC1(C)c2cc(-c3ccc(-c4ccc(-c5cc(-c6cccc7oc8ccccc8c67)nc(-c6ccccc6)n5)c5ccccc45)cc3)ccc2-c2ccc3ccccc3c21. The van der Waals surface area contributed by atoms with E-state index in [1.54, 1.807) is 0 Å². The van der Waals surface area contributed by atoms with E-state index in [2.05, 4.69) is 166 Å². The van der Waals surface area contributed by atoms with Crippen molar-refractivity contribution in [1.29, 1.82) is 0 Å². The highest BCUT2D eigenvalue weighted by Gasteiger charge is 2.37. The van der Waals surface area contributed by atoms with Crippen LogP contribution in [-0.4, -0.2) is 9.97 Å². The van der Waals surface area contributed by atoms with E-state index in [0.29, 0.717) is 5.82 Å². The number of rotatable bonds is 5. The van der Waals surface area contributed by atoms with Gasteiger partial charge < -0.3 is 4.42 Å². The maximum absolute atomic E-state index is 6.30. The Hall–Kier alpha value is -7.62. The van der Waals surface area contributed by atoms with Crippen molar-refractivity contribution >= 4 is 43.5 Å². The highest BCUT2D eigenvalue weighted by molar-refractivity contribution is 6.12. The van der Waals surface area contributed by atoms with Gasteiger partial charge in [0, 0.05) is 32.9 Å². The van der Waals surface area contributed by atoms with Gasteiger partial charge in [-0.2, -0.15) is 0 Å². The molecule has 0 radical (unpaired) electrons. The number of hydrogen-bond acceptors (Lipinski definition) is 3. The number of hydrogen-bond donors (Lipinski definition) is 0. The number of fused-ring (bicyclic) bond motifs is 9. The molecule has 0 bridgehead atoms. The first-order valence-corrected chi connectivity index (χ1v) is 20.6. The Morgan fingerprint density at radius 2 is 0.983 bits per heavy atom. The summed E-state index contributed by atoms with van der Waals surface area (Å²) in [6, 6.07) is 69.4. The molecule has 2 heterocycles. The minimum atomic E-state index is -0.102. The standard InChI is InChI=1S/C57H38N2O/c1-57(2)49-33-39(28-29-44(49)46-30-27-36-13-6-7-16-41(36)55(46)57)35-23-25-37(26-24-35)40-31-32-45(43-18-9-8-17-42(40)43)50-34-51(59-56(58-50)38-14-4-3-5-15-38)47-20-12-22-53-54(47)48-19-10-11-21-52(48)60-53/h3-34H,1-2H3. The van der Waals surface area contributed by atoms with E-state index in [1.807, 2.05) is 42.5 Å². The average Bonchev–Trinajstić information content (AvgIpc) is 3.80. The van der Waals surface area contributed by atoms with Crippen LogP contribution in [0.3, 0.4) is 0 Å². The maximum atomic E-state index is 6.30. The Balaban J connectivity index is 0.946. The second-order valence-electron chi connectivity index (χ2n) is 16.5. The molecule has 0 N–H and O–H groups in total. The first-order valence-electron chi connectivity index (χ1n) is 20.6. The van der Waals surface area contributed by atoms with Crippen molar-refractivity contribution < 1.29 is 4.42 Å². The van der Waals surface area contributed by atoms with Gasteiger partial charge in [-0.1, -0.05) is 184 Å². The summed E-state index contributed by atoms with van der Waals surface area (Å²) in [5.74, 6) is 0.684. The molecule has 60 heavy (non-hydrogen) atoms. The van der Waals surface area contributed by atoms with E-state index in [9.17, 15) is 0 Å². The molecule has 0 atom stereocenters. The number of aromatic nitrogens is 2. The number of para-hydroxylation sites is 1. The third kappa shape index (κ3) is 5.29. The predicted molar refractivity (Wildman–Crippen MR) is 249 cm³/mol. The van der Waals surface area contributed by atoms with Gasteiger partial charge in [-0.25, -0.2) is 9.97 Å². The van der Waals surface area contributed by atoms with Crippen LogP contribution < -0.4 is 0 Å². The van der Waals surface area contributed by atoms with E-state index in [-0.39, 0.29) is 5.41 Å². The van der Waals surface area contributed by atoms with Crippen LogP contribution >= 0.6 is 0 Å². The summed E-state index contributed by atoms with van der Waals surface area (Å²) in [4.78, 5) is 10.5. The third-order valence-electron chi connectivity index (χ3n) is 12.7. The summed E-state index contributed by atoms with van der Waals surface area (Å²) in [5.41, 5.74) is 16.7. The molecule has 0 fully saturated rings. The maximum Gasteiger partial charge on any atom is 0.160 e. The predicted octanol–water partition coefficient (Wildman–Crippen LogP) is 15.3. The van der Waals surface area contributed by atoms with Gasteiger partial charge in [-0.15, -0.1) is 0 Å². The van der Waals surface area contributed by atoms with Crippen LogP contribution in [0.1, 0.15) is 25.0 Å². The fourth-order valence-electron chi connectivity index (χ4n) is 9.82. The molecule has 0 saturated heterocycles. The van der Waals surface area contributed by atoms with Crippen LogP contribution in [0.25, 0.3) is 111 Å². The van der Waals surface area contributed by atoms with Gasteiger partial charge in [0.25, 0.3) is 0 Å². The molecule has 11 aromatic rings. The Labute approximate surface area is 348 Å². The van der Waals surface area contributed by atoms with Gasteiger partial charge in [0.1, 0.15) is 11.2 Å². The van der Waals surface area contributed by atoms with Crippen molar-refractivity contribution in [2.45, 2.75) is 19.3 Å². The van der Waals surface area contributed by atoms with Crippen molar-refractivity contribution in [3.8, 4) is 67.3 Å². The molecule has 1 aliphatic rings. The van der Waals surface area contributed by atoms with Gasteiger partial charge in [-0.3, -0.25) is 0 Å². The lowest BCUT2D eigenvalue weighted by Crippen LogP contribution is -2.15. The van der Waals surface area contributed by atoms with Gasteiger partial charge in [0.05, 0.1) is 11.4 Å². The molecule has 0 spiro atoms. The minimum Gasteiger partial charge on any atom is -0.456 e. The molecule has 12 rings (SSSR count). The Bertz CT molecular complexity index is 3500. The van der Waals surface area contributed by atoms with Gasteiger partial charge in [0.2, 0.25) is 0 Å². The first kappa shape index (κ1) is 34.4. The fraction of sp³-hybridized carbons (Fsp3) is 0.0526. The van der Waals surface area contributed by atoms with Crippen molar-refractivity contribution in [1.82, 2.24) is 9.97 Å². The van der Waals surface area contributed by atoms with Crippen LogP contribution in [-0.2, 0) is 5.41 Å². The average molecular weight is 767 g/mol. The largest absolute Gasteiger partial charge is 0.456 e. The summed E-state index contributed by atoms with van der Waals surface area (Å²) in [7, 11) is 0. The Kier molecular flexibility index (Phi) is 7.58. The zero-order valence-corrected chi connectivity index (χ0v) is 33.3. The van der Waals surface area contributed by atoms with Crippen molar-refractivity contribution in [3.05, 3.63) is 205 Å². The summed E-state index contributed by atoms with van der Waals surface area (Å²) < 4.78 is 6.30. The molecular formula is C57H38N2O. The molecule has 0 amide bonds. The zero-order chi connectivity index (χ0) is 40.0. The lowest BCUT2D eigenvalue weighted by molar-refractivity contribution is 0.666. The monoisotopic (exact) mass is 766 g/mol. The number of benzene rings is 9. The summed E-state index contributed by atoms with van der Waals surface area (Å²) in [6.07, 6.45) is 0. The van der Waals surface area contributed by atoms with Crippen LogP contribution in [0.2, 0.25) is 0 Å². The van der Waals surface area contributed by atoms with Gasteiger partial charge in [0.15, 0.2) is 5.82 Å². The third-order valence-corrected chi connectivity index (χ3v) is 12.7. The smallest absolute Gasteiger partial charge is 0.160 e. The lowest BCUT2D eigenvalue weighted by Gasteiger charge is -2.23. The van der Waals surface area contributed by atoms with Crippen LogP contribution in [0, 0.1) is 0 Å². The summed E-state index contributed by atoms with van der Waals surface area (Å²) >= 11 is 0. The van der Waals surface area contributed by atoms with Crippen molar-refractivity contribution in [3.63, 3.8) is 0 Å². The van der Waals surface area contributed by atoms with Crippen molar-refractivity contribution in [2.75, 3.05) is 0 Å². The zero-order valence-electron chi connectivity index (χ0n) is 33.3. The summed E-state index contributed by atoms with van der Waals surface area (Å²) in [5, 5.41) is 7.09. The van der Waals surface area contributed by atoms with Crippen LogP contribution in [0.4, 0.5) is 0 Å². The molecule has 9 aromatic carbocycles. The molecule has 0 unspecified atom stereocenters. The van der Waals surface area contributed by atoms with E-state index in [1.165, 1.54) is 60.7 Å². The van der Waals surface area contributed by atoms with E-state index < -0.39 is 0 Å². The highest BCUT2D eigenvalue weighted by Crippen LogP contribution is 2.52. The quantitative estimate of drug-likeness (QED) is 0.175. The molecule has 2 aromatic heterocycles. The van der Waals surface area contributed by atoms with Gasteiger partial charge >= 0.3 is 0 Å². The Morgan fingerprint density at radius 3 is 1.80 bits per heavy atom. The molecule has 0 aliphatic heterocycles. The lowest BCUT2D eigenvalue weighted by atomic mass is 9.79. The molecule has 3 heteroatoms. The van der Waals surface area contributed by atoms with Crippen molar-refractivity contribution in [2.24, 2.45) is 0 Å². The minimum absolute atomic E-state index is 0.102.